The first kappa shape index (κ1) is 16.4. The van der Waals surface area contributed by atoms with Crippen molar-refractivity contribution in [2.75, 3.05) is 0 Å². The first-order valence-corrected chi connectivity index (χ1v) is 7.50. The van der Waals surface area contributed by atoms with E-state index in [9.17, 15) is 13.2 Å². The maximum Gasteiger partial charge on any atom is 0.318 e. The van der Waals surface area contributed by atoms with Gasteiger partial charge in [-0.15, -0.1) is 0 Å². The molecule has 4 nitrogen and oxygen atoms in total. The topological polar surface area (TPSA) is 58.4 Å². The number of rotatable bonds is 3. The van der Waals surface area contributed by atoms with Gasteiger partial charge < -0.3 is 5.21 Å². The molecule has 0 fully saturated rings. The molecule has 2 aromatic heterocycles. The van der Waals surface area contributed by atoms with E-state index in [1.54, 1.807) is 18.3 Å². The molecule has 0 aliphatic rings. The van der Waals surface area contributed by atoms with Crippen LogP contribution in [0.25, 0.3) is 10.9 Å². The number of oxime groups is 1. The molecule has 3 aromatic rings. The van der Waals surface area contributed by atoms with Gasteiger partial charge in [0.15, 0.2) is 5.71 Å². The Bertz CT molecular complexity index is 947. The smallest absolute Gasteiger partial charge is 0.318 e. The molecule has 0 amide bonds. The summed E-state index contributed by atoms with van der Waals surface area (Å²) in [6, 6.07) is 8.11. The summed E-state index contributed by atoms with van der Waals surface area (Å²) in [5.74, 6) is -4.89. The summed E-state index contributed by atoms with van der Waals surface area (Å²) < 4.78 is 43.8. The van der Waals surface area contributed by atoms with Crippen LogP contribution in [-0.2, 0) is 5.92 Å². The van der Waals surface area contributed by atoms with Gasteiger partial charge in [-0.2, -0.15) is 13.2 Å². The standard InChI is InChI=1S/C16H9BrF3N3O/c17-11-7-12(15(18)22-8-11)14(23-24)16(19,20)10-3-4-13-9(6-10)2-1-5-21-13/h1-8,24H/b23-14+. The van der Waals surface area contributed by atoms with Crippen molar-refractivity contribution in [2.24, 2.45) is 5.16 Å². The van der Waals surface area contributed by atoms with Crippen molar-refractivity contribution in [3.8, 4) is 0 Å². The largest absolute Gasteiger partial charge is 0.410 e. The molecule has 0 unspecified atom stereocenters. The molecular formula is C16H9BrF3N3O. The van der Waals surface area contributed by atoms with Gasteiger partial charge >= 0.3 is 5.92 Å². The lowest BCUT2D eigenvalue weighted by atomic mass is 9.97. The van der Waals surface area contributed by atoms with Crippen molar-refractivity contribution in [3.05, 3.63) is 70.3 Å². The van der Waals surface area contributed by atoms with Gasteiger partial charge in [0.25, 0.3) is 0 Å². The van der Waals surface area contributed by atoms with Crippen LogP contribution in [0, 0.1) is 5.95 Å². The molecule has 0 atom stereocenters. The Morgan fingerprint density at radius 2 is 1.96 bits per heavy atom. The molecule has 0 aliphatic heterocycles. The van der Waals surface area contributed by atoms with Crippen LogP contribution in [0.3, 0.4) is 0 Å². The summed E-state index contributed by atoms with van der Waals surface area (Å²) in [6.07, 6.45) is 2.66. The lowest BCUT2D eigenvalue weighted by molar-refractivity contribution is 0.0722. The Balaban J connectivity index is 2.14. The summed E-state index contributed by atoms with van der Waals surface area (Å²) in [7, 11) is 0. The summed E-state index contributed by atoms with van der Waals surface area (Å²) in [5.41, 5.74) is -1.63. The molecule has 2 heterocycles. The maximum absolute atomic E-state index is 14.8. The van der Waals surface area contributed by atoms with Crippen LogP contribution in [-0.4, -0.2) is 20.9 Å². The third kappa shape index (κ3) is 2.84. The zero-order chi connectivity index (χ0) is 17.3. The van der Waals surface area contributed by atoms with Crippen molar-refractivity contribution in [2.45, 2.75) is 5.92 Å². The van der Waals surface area contributed by atoms with E-state index >= 15 is 0 Å². The SMILES string of the molecule is O/N=C(\c1cc(Br)cnc1F)C(F)(F)c1ccc2ncccc2c1. The predicted molar refractivity (Wildman–Crippen MR) is 85.9 cm³/mol. The van der Waals surface area contributed by atoms with Crippen molar-refractivity contribution in [1.82, 2.24) is 9.97 Å². The van der Waals surface area contributed by atoms with Crippen LogP contribution in [0.2, 0.25) is 0 Å². The Morgan fingerprint density at radius 3 is 2.71 bits per heavy atom. The highest BCUT2D eigenvalue weighted by molar-refractivity contribution is 9.10. The molecule has 0 aliphatic carbocycles. The second-order valence-corrected chi connectivity index (χ2v) is 5.84. The van der Waals surface area contributed by atoms with Gasteiger partial charge in [0, 0.05) is 27.8 Å². The Hall–Kier alpha value is -2.48. The molecule has 1 aromatic carbocycles. The number of aromatic nitrogens is 2. The minimum atomic E-state index is -3.73. The zero-order valence-corrected chi connectivity index (χ0v) is 13.5. The van der Waals surface area contributed by atoms with E-state index in [-0.39, 0.29) is 4.47 Å². The second kappa shape index (κ2) is 6.20. The van der Waals surface area contributed by atoms with Gasteiger partial charge in [0.05, 0.1) is 11.1 Å². The third-order valence-electron chi connectivity index (χ3n) is 3.42. The van der Waals surface area contributed by atoms with Crippen LogP contribution in [0.1, 0.15) is 11.1 Å². The molecule has 0 saturated carbocycles. The average Bonchev–Trinajstić information content (AvgIpc) is 2.58. The number of alkyl halides is 2. The average molecular weight is 396 g/mol. The Labute approximate surface area is 142 Å². The number of hydrogen-bond acceptors (Lipinski definition) is 4. The zero-order valence-electron chi connectivity index (χ0n) is 11.9. The van der Waals surface area contributed by atoms with Gasteiger partial charge in [-0.05, 0) is 40.2 Å². The lowest BCUT2D eigenvalue weighted by Gasteiger charge is -2.19. The Kier molecular flexibility index (Phi) is 4.23. The number of benzene rings is 1. The van der Waals surface area contributed by atoms with E-state index in [2.05, 4.69) is 31.1 Å². The van der Waals surface area contributed by atoms with Crippen LogP contribution >= 0.6 is 15.9 Å². The molecule has 3 rings (SSSR count). The molecule has 122 valence electrons. The van der Waals surface area contributed by atoms with Gasteiger partial charge in [-0.1, -0.05) is 17.3 Å². The number of halogens is 4. The highest BCUT2D eigenvalue weighted by atomic mass is 79.9. The highest BCUT2D eigenvalue weighted by Crippen LogP contribution is 2.35. The number of hydrogen-bond donors (Lipinski definition) is 1. The molecule has 24 heavy (non-hydrogen) atoms. The molecular weight excluding hydrogens is 387 g/mol. The minimum Gasteiger partial charge on any atom is -0.410 e. The summed E-state index contributed by atoms with van der Waals surface area (Å²) in [4.78, 5) is 7.41. The first-order chi connectivity index (χ1) is 11.4. The van der Waals surface area contributed by atoms with Crippen LogP contribution in [0.15, 0.2) is 58.4 Å². The normalized spacial score (nSPS) is 12.6. The van der Waals surface area contributed by atoms with E-state index in [1.807, 2.05) is 0 Å². The maximum atomic E-state index is 14.8. The van der Waals surface area contributed by atoms with Crippen LogP contribution in [0.5, 0.6) is 0 Å². The number of nitrogens with zero attached hydrogens (tertiary/aromatic N) is 3. The highest BCUT2D eigenvalue weighted by Gasteiger charge is 2.41. The number of fused-ring (bicyclic) bond motifs is 1. The second-order valence-electron chi connectivity index (χ2n) is 4.93. The van der Waals surface area contributed by atoms with Crippen molar-refractivity contribution < 1.29 is 18.4 Å². The summed E-state index contributed by atoms with van der Waals surface area (Å²) >= 11 is 3.03. The van der Waals surface area contributed by atoms with E-state index in [0.29, 0.717) is 10.9 Å². The summed E-state index contributed by atoms with van der Waals surface area (Å²) in [6.45, 7) is 0. The van der Waals surface area contributed by atoms with E-state index in [1.165, 1.54) is 12.1 Å². The quantitative estimate of drug-likeness (QED) is 0.307. The van der Waals surface area contributed by atoms with Crippen molar-refractivity contribution in [3.63, 3.8) is 0 Å². The van der Waals surface area contributed by atoms with E-state index in [4.69, 9.17) is 5.21 Å². The van der Waals surface area contributed by atoms with Gasteiger partial charge in [-0.3, -0.25) is 4.98 Å². The fourth-order valence-corrected chi connectivity index (χ4v) is 2.61. The van der Waals surface area contributed by atoms with E-state index < -0.39 is 28.7 Å². The van der Waals surface area contributed by atoms with Gasteiger partial charge in [-0.25, -0.2) is 4.98 Å². The number of pyridine rings is 2. The predicted octanol–water partition coefficient (Wildman–Crippen LogP) is 4.50. The van der Waals surface area contributed by atoms with Crippen LogP contribution < -0.4 is 0 Å². The fourth-order valence-electron chi connectivity index (χ4n) is 2.28. The van der Waals surface area contributed by atoms with Crippen molar-refractivity contribution in [1.29, 1.82) is 0 Å². The lowest BCUT2D eigenvalue weighted by Crippen LogP contribution is -2.28. The van der Waals surface area contributed by atoms with Crippen molar-refractivity contribution >= 4 is 32.5 Å². The fraction of sp³-hybridized carbons (Fsp3) is 0.0625. The minimum absolute atomic E-state index is 0.276. The van der Waals surface area contributed by atoms with E-state index in [0.717, 1.165) is 18.3 Å². The van der Waals surface area contributed by atoms with Gasteiger partial charge in [0.2, 0.25) is 5.95 Å². The summed E-state index contributed by atoms with van der Waals surface area (Å²) in [5, 5.41) is 12.2. The molecule has 8 heteroatoms. The first-order valence-electron chi connectivity index (χ1n) is 6.70. The molecule has 0 saturated heterocycles. The van der Waals surface area contributed by atoms with Crippen LogP contribution in [0.4, 0.5) is 13.2 Å². The van der Waals surface area contributed by atoms with Gasteiger partial charge in [0.1, 0.15) is 0 Å². The molecule has 0 spiro atoms. The Morgan fingerprint density at radius 1 is 1.17 bits per heavy atom. The molecule has 0 radical (unpaired) electrons. The third-order valence-corrected chi connectivity index (χ3v) is 3.86. The monoisotopic (exact) mass is 395 g/mol. The molecule has 0 bridgehead atoms. The molecule has 1 N–H and O–H groups in total.